The number of aliphatic imine (C=N–C) groups is 2. The molecule has 0 aromatic carbocycles. The maximum Gasteiger partial charge on any atom is 0.199 e. The van der Waals surface area contributed by atoms with Crippen LogP contribution in [0.4, 0.5) is 0 Å². The smallest absolute Gasteiger partial charge is 0.199 e. The fourth-order valence-corrected chi connectivity index (χ4v) is 2.93. The van der Waals surface area contributed by atoms with Gasteiger partial charge in [-0.25, -0.2) is 9.98 Å². The Labute approximate surface area is 129 Å². The van der Waals surface area contributed by atoms with Crippen molar-refractivity contribution in [2.75, 3.05) is 13.2 Å². The van der Waals surface area contributed by atoms with Gasteiger partial charge in [0.15, 0.2) is 11.8 Å². The van der Waals surface area contributed by atoms with Gasteiger partial charge in [-0.2, -0.15) is 0 Å². The molecule has 2 rings (SSSR count). The summed E-state index contributed by atoms with van der Waals surface area (Å²) in [6, 6.07) is 0.528. The van der Waals surface area contributed by atoms with Gasteiger partial charge in [0.1, 0.15) is 18.6 Å². The van der Waals surface area contributed by atoms with E-state index in [-0.39, 0.29) is 17.5 Å². The van der Waals surface area contributed by atoms with Crippen molar-refractivity contribution < 1.29 is 9.47 Å². The first-order chi connectivity index (χ1) is 9.94. The molecule has 0 unspecified atom stereocenters. The maximum absolute atomic E-state index is 5.97. The van der Waals surface area contributed by atoms with E-state index >= 15 is 0 Å². The minimum Gasteiger partial charge on any atom is -0.478 e. The molecule has 2 aliphatic heterocycles. The molecule has 0 aliphatic carbocycles. The van der Waals surface area contributed by atoms with Crippen LogP contribution in [-0.2, 0) is 9.47 Å². The normalized spacial score (nSPS) is 25.9. The molecule has 0 amide bonds. The van der Waals surface area contributed by atoms with Crippen molar-refractivity contribution in [3.05, 3.63) is 0 Å². The number of hydrogen-bond acceptors (Lipinski definition) is 4. The van der Waals surface area contributed by atoms with Crippen molar-refractivity contribution in [2.45, 2.75) is 66.5 Å². The fraction of sp³-hybridized carbons (Fsp3) is 0.882. The van der Waals surface area contributed by atoms with E-state index in [0.29, 0.717) is 25.0 Å². The zero-order valence-corrected chi connectivity index (χ0v) is 14.3. The summed E-state index contributed by atoms with van der Waals surface area (Å²) in [5, 5.41) is 0. The number of rotatable bonds is 6. The quantitative estimate of drug-likeness (QED) is 0.749. The molecule has 0 N–H and O–H groups in total. The Bertz CT molecular complexity index is 387. The SMILES string of the molecule is CCC(CC)(C1=N[C@@H](C(C)C)CO1)C1=N[C@@H](C(C)C)CO1. The first-order valence-corrected chi connectivity index (χ1v) is 8.36. The highest BCUT2D eigenvalue weighted by Gasteiger charge is 2.46. The molecule has 120 valence electrons. The van der Waals surface area contributed by atoms with E-state index < -0.39 is 0 Å². The van der Waals surface area contributed by atoms with Crippen LogP contribution >= 0.6 is 0 Å². The van der Waals surface area contributed by atoms with Gasteiger partial charge in [0.05, 0.1) is 12.1 Å². The molecule has 4 nitrogen and oxygen atoms in total. The lowest BCUT2D eigenvalue weighted by Gasteiger charge is -2.29. The Morgan fingerprint density at radius 1 is 0.905 bits per heavy atom. The van der Waals surface area contributed by atoms with Crippen molar-refractivity contribution in [1.82, 2.24) is 0 Å². The first-order valence-electron chi connectivity index (χ1n) is 8.36. The molecule has 21 heavy (non-hydrogen) atoms. The predicted molar refractivity (Wildman–Crippen MR) is 87.0 cm³/mol. The summed E-state index contributed by atoms with van der Waals surface area (Å²) < 4.78 is 11.9. The number of hydrogen-bond donors (Lipinski definition) is 0. The third kappa shape index (κ3) is 2.95. The van der Waals surface area contributed by atoms with Crippen LogP contribution < -0.4 is 0 Å². The van der Waals surface area contributed by atoms with Crippen molar-refractivity contribution in [2.24, 2.45) is 27.2 Å². The Balaban J connectivity index is 2.30. The largest absolute Gasteiger partial charge is 0.478 e. The lowest BCUT2D eigenvalue weighted by Crippen LogP contribution is -2.39. The van der Waals surface area contributed by atoms with Crippen molar-refractivity contribution in [3.63, 3.8) is 0 Å². The first kappa shape index (κ1) is 16.3. The third-order valence-corrected chi connectivity index (χ3v) is 4.91. The van der Waals surface area contributed by atoms with Crippen molar-refractivity contribution >= 4 is 11.8 Å². The topological polar surface area (TPSA) is 43.2 Å². The predicted octanol–water partition coefficient (Wildman–Crippen LogP) is 3.70. The second-order valence-corrected chi connectivity index (χ2v) is 6.90. The van der Waals surface area contributed by atoms with E-state index in [2.05, 4.69) is 41.5 Å². The van der Waals surface area contributed by atoms with Gasteiger partial charge in [-0.15, -0.1) is 0 Å². The molecule has 2 heterocycles. The van der Waals surface area contributed by atoms with Crippen LogP contribution in [0.3, 0.4) is 0 Å². The zero-order chi connectivity index (χ0) is 15.6. The second-order valence-electron chi connectivity index (χ2n) is 6.90. The van der Waals surface area contributed by atoms with E-state index in [4.69, 9.17) is 19.5 Å². The van der Waals surface area contributed by atoms with Gasteiger partial charge in [0.25, 0.3) is 0 Å². The van der Waals surface area contributed by atoms with E-state index in [1.165, 1.54) is 0 Å². The van der Waals surface area contributed by atoms with Gasteiger partial charge in [-0.05, 0) is 24.7 Å². The van der Waals surface area contributed by atoms with Crippen LogP contribution in [0.5, 0.6) is 0 Å². The average molecular weight is 294 g/mol. The molecule has 4 heteroatoms. The fourth-order valence-electron chi connectivity index (χ4n) is 2.93. The summed E-state index contributed by atoms with van der Waals surface area (Å²) >= 11 is 0. The summed E-state index contributed by atoms with van der Waals surface area (Å²) in [7, 11) is 0. The molecule has 0 spiro atoms. The lowest BCUT2D eigenvalue weighted by molar-refractivity contribution is 0.233. The van der Waals surface area contributed by atoms with Crippen LogP contribution in [0.25, 0.3) is 0 Å². The molecule has 2 aliphatic rings. The molecular formula is C17H30N2O2. The van der Waals surface area contributed by atoms with Crippen LogP contribution in [0.15, 0.2) is 9.98 Å². The second kappa shape index (κ2) is 6.37. The number of ether oxygens (including phenoxy) is 2. The summed E-state index contributed by atoms with van der Waals surface area (Å²) in [4.78, 5) is 9.70. The monoisotopic (exact) mass is 294 g/mol. The number of nitrogens with zero attached hydrogens (tertiary/aromatic N) is 2. The van der Waals surface area contributed by atoms with E-state index in [0.717, 1.165) is 24.6 Å². The summed E-state index contributed by atoms with van der Waals surface area (Å²) in [5.41, 5.74) is -0.271. The Morgan fingerprint density at radius 3 is 1.52 bits per heavy atom. The van der Waals surface area contributed by atoms with Gasteiger partial charge in [-0.1, -0.05) is 41.5 Å². The van der Waals surface area contributed by atoms with Crippen LogP contribution in [0.1, 0.15) is 54.4 Å². The van der Waals surface area contributed by atoms with Gasteiger partial charge in [-0.3, -0.25) is 0 Å². The van der Waals surface area contributed by atoms with E-state index in [1.807, 2.05) is 0 Å². The lowest BCUT2D eigenvalue weighted by atomic mass is 9.81. The van der Waals surface area contributed by atoms with Gasteiger partial charge in [0, 0.05) is 0 Å². The summed E-state index contributed by atoms with van der Waals surface area (Å²) in [6.07, 6.45) is 1.83. The Hall–Kier alpha value is -1.06. The van der Waals surface area contributed by atoms with Gasteiger partial charge in [0.2, 0.25) is 0 Å². The van der Waals surface area contributed by atoms with Crippen LogP contribution in [0.2, 0.25) is 0 Å². The highest BCUT2D eigenvalue weighted by atomic mass is 16.5. The molecule has 0 bridgehead atoms. The van der Waals surface area contributed by atoms with E-state index in [1.54, 1.807) is 0 Å². The maximum atomic E-state index is 5.97. The highest BCUT2D eigenvalue weighted by Crippen LogP contribution is 2.37. The summed E-state index contributed by atoms with van der Waals surface area (Å²) in [6.45, 7) is 14.5. The third-order valence-electron chi connectivity index (χ3n) is 4.91. The molecule has 2 atom stereocenters. The molecule has 0 fully saturated rings. The Kier molecular flexibility index (Phi) is 4.95. The molecule has 0 aromatic heterocycles. The minimum atomic E-state index is -0.271. The highest BCUT2D eigenvalue weighted by molar-refractivity contribution is 6.06. The molecule has 0 saturated heterocycles. The van der Waals surface area contributed by atoms with Gasteiger partial charge >= 0.3 is 0 Å². The molecular weight excluding hydrogens is 264 g/mol. The minimum absolute atomic E-state index is 0.264. The molecule has 0 aromatic rings. The Morgan fingerprint density at radius 2 is 1.29 bits per heavy atom. The van der Waals surface area contributed by atoms with Crippen molar-refractivity contribution in [1.29, 1.82) is 0 Å². The molecule has 0 saturated carbocycles. The van der Waals surface area contributed by atoms with Crippen molar-refractivity contribution in [3.8, 4) is 0 Å². The van der Waals surface area contributed by atoms with Gasteiger partial charge < -0.3 is 9.47 Å². The van der Waals surface area contributed by atoms with E-state index in [9.17, 15) is 0 Å². The van der Waals surface area contributed by atoms with Crippen LogP contribution in [-0.4, -0.2) is 37.1 Å². The zero-order valence-electron chi connectivity index (χ0n) is 14.3. The molecule has 0 radical (unpaired) electrons. The van der Waals surface area contributed by atoms with Crippen LogP contribution in [0, 0.1) is 17.3 Å². The standard InChI is InChI=1S/C17H30N2O2/c1-7-17(8-2,15-18-13(9-20-15)11(3)4)16-19-14(10-21-16)12(5)6/h11-14H,7-10H2,1-6H3/t13-,14-/m1/s1. The average Bonchev–Trinajstić information content (AvgIpc) is 3.10. The summed E-state index contributed by atoms with van der Waals surface area (Å²) in [5.74, 6) is 2.69.